The zero-order valence-electron chi connectivity index (χ0n) is 12.4. The van der Waals surface area contributed by atoms with E-state index >= 15 is 0 Å². The van der Waals surface area contributed by atoms with Crippen LogP contribution in [0.3, 0.4) is 0 Å². The predicted molar refractivity (Wildman–Crippen MR) is 91.5 cm³/mol. The highest BCUT2D eigenvalue weighted by atomic mass is 32.2. The zero-order valence-corrected chi connectivity index (χ0v) is 13.2. The Balaban J connectivity index is 2.14. The second-order valence-electron chi connectivity index (χ2n) is 5.02. The molecule has 0 saturated carbocycles. The van der Waals surface area contributed by atoms with E-state index in [1.807, 2.05) is 30.3 Å². The van der Waals surface area contributed by atoms with E-state index in [-0.39, 0.29) is 16.7 Å². The lowest BCUT2D eigenvalue weighted by atomic mass is 10.2. The summed E-state index contributed by atoms with van der Waals surface area (Å²) >= 11 is 0. The van der Waals surface area contributed by atoms with Gasteiger partial charge in [0.25, 0.3) is 0 Å². The number of ketones is 1. The standard InChI is InChI=1S/C20H17OS/c1-16(21)17-9-8-14-20(15-17)22(18-10-4-2-5-11-18)19-12-6-3-7-13-19/h2-15H,1H3/q+1. The molecule has 3 rings (SSSR count). The Hall–Kier alpha value is -2.32. The smallest absolute Gasteiger partial charge is 0.167 e. The number of carbonyl (C=O) groups is 1. The van der Waals surface area contributed by atoms with Gasteiger partial charge in [-0.3, -0.25) is 4.79 Å². The monoisotopic (exact) mass is 305 g/mol. The molecule has 0 aliphatic heterocycles. The lowest BCUT2D eigenvalue weighted by Crippen LogP contribution is -2.05. The zero-order chi connectivity index (χ0) is 15.4. The quantitative estimate of drug-likeness (QED) is 0.490. The van der Waals surface area contributed by atoms with E-state index in [2.05, 4.69) is 54.6 Å². The summed E-state index contributed by atoms with van der Waals surface area (Å²) in [6.07, 6.45) is 0. The highest BCUT2D eigenvalue weighted by Gasteiger charge is 2.28. The van der Waals surface area contributed by atoms with Gasteiger partial charge in [-0.1, -0.05) is 48.5 Å². The summed E-state index contributed by atoms with van der Waals surface area (Å²) in [6.45, 7) is 1.61. The first-order chi connectivity index (χ1) is 10.8. The molecule has 0 aliphatic carbocycles. The summed E-state index contributed by atoms with van der Waals surface area (Å²) in [5.41, 5.74) is 0.766. The highest BCUT2D eigenvalue weighted by Crippen LogP contribution is 2.31. The minimum atomic E-state index is -0.194. The fourth-order valence-electron chi connectivity index (χ4n) is 2.36. The first-order valence-electron chi connectivity index (χ1n) is 7.21. The van der Waals surface area contributed by atoms with E-state index in [1.165, 1.54) is 14.7 Å². The molecular weight excluding hydrogens is 288 g/mol. The molecule has 0 fully saturated rings. The summed E-state index contributed by atoms with van der Waals surface area (Å²) in [4.78, 5) is 15.4. The van der Waals surface area contributed by atoms with Gasteiger partial charge in [-0.15, -0.1) is 0 Å². The van der Waals surface area contributed by atoms with Gasteiger partial charge in [-0.05, 0) is 37.3 Å². The van der Waals surface area contributed by atoms with Crippen LogP contribution in [0.15, 0.2) is 99.6 Å². The van der Waals surface area contributed by atoms with Crippen LogP contribution in [0.4, 0.5) is 0 Å². The van der Waals surface area contributed by atoms with Gasteiger partial charge in [0.1, 0.15) is 0 Å². The van der Waals surface area contributed by atoms with Crippen molar-refractivity contribution >= 4 is 16.7 Å². The Kier molecular flexibility index (Phi) is 4.40. The van der Waals surface area contributed by atoms with Crippen molar-refractivity contribution in [3.05, 3.63) is 90.5 Å². The number of benzene rings is 3. The van der Waals surface area contributed by atoms with Gasteiger partial charge in [0.15, 0.2) is 20.5 Å². The maximum Gasteiger partial charge on any atom is 0.167 e. The number of hydrogen-bond donors (Lipinski definition) is 0. The first kappa shape index (κ1) is 14.6. The van der Waals surface area contributed by atoms with E-state index in [0.29, 0.717) is 0 Å². The number of carbonyl (C=O) groups excluding carboxylic acids is 1. The molecule has 22 heavy (non-hydrogen) atoms. The van der Waals surface area contributed by atoms with E-state index < -0.39 is 0 Å². The van der Waals surface area contributed by atoms with Gasteiger partial charge >= 0.3 is 0 Å². The minimum Gasteiger partial charge on any atom is -0.295 e. The Labute approximate surface area is 134 Å². The molecule has 3 aromatic carbocycles. The van der Waals surface area contributed by atoms with Crippen LogP contribution in [0.2, 0.25) is 0 Å². The van der Waals surface area contributed by atoms with Crippen molar-refractivity contribution in [2.75, 3.05) is 0 Å². The van der Waals surface area contributed by atoms with Gasteiger partial charge < -0.3 is 0 Å². The Morgan fingerprint density at radius 2 is 1.18 bits per heavy atom. The molecule has 0 amide bonds. The summed E-state index contributed by atoms with van der Waals surface area (Å²) in [5, 5.41) is 0. The molecule has 0 saturated heterocycles. The Bertz CT molecular complexity index is 726. The minimum absolute atomic E-state index is 0.103. The van der Waals surface area contributed by atoms with E-state index in [1.54, 1.807) is 6.92 Å². The molecule has 0 atom stereocenters. The molecule has 0 heterocycles. The van der Waals surface area contributed by atoms with Crippen molar-refractivity contribution in [1.29, 1.82) is 0 Å². The lowest BCUT2D eigenvalue weighted by Gasteiger charge is -2.08. The SMILES string of the molecule is CC(=O)c1cccc([S+](c2ccccc2)c2ccccc2)c1. The van der Waals surface area contributed by atoms with Crippen LogP contribution in [0.25, 0.3) is 0 Å². The predicted octanol–water partition coefficient (Wildman–Crippen LogP) is 4.98. The summed E-state index contributed by atoms with van der Waals surface area (Å²) in [7, 11) is -0.194. The topological polar surface area (TPSA) is 17.1 Å². The molecule has 0 spiro atoms. The van der Waals surface area contributed by atoms with E-state index in [0.717, 1.165) is 5.56 Å². The van der Waals surface area contributed by atoms with Crippen LogP contribution < -0.4 is 0 Å². The number of rotatable bonds is 4. The van der Waals surface area contributed by atoms with Crippen LogP contribution in [0.5, 0.6) is 0 Å². The molecule has 0 radical (unpaired) electrons. The van der Waals surface area contributed by atoms with Crippen molar-refractivity contribution < 1.29 is 4.79 Å². The van der Waals surface area contributed by atoms with Crippen molar-refractivity contribution in [1.82, 2.24) is 0 Å². The molecule has 0 N–H and O–H groups in total. The second-order valence-corrected chi connectivity index (χ2v) is 7.04. The molecule has 1 nitrogen and oxygen atoms in total. The third kappa shape index (κ3) is 3.12. The molecular formula is C20H17OS+. The summed E-state index contributed by atoms with van der Waals surface area (Å²) in [5.74, 6) is 0.103. The van der Waals surface area contributed by atoms with E-state index in [4.69, 9.17) is 0 Å². The molecule has 0 unspecified atom stereocenters. The largest absolute Gasteiger partial charge is 0.295 e. The van der Waals surface area contributed by atoms with E-state index in [9.17, 15) is 4.79 Å². The Morgan fingerprint density at radius 3 is 1.68 bits per heavy atom. The Morgan fingerprint density at radius 1 is 0.682 bits per heavy atom. The second kappa shape index (κ2) is 6.63. The van der Waals surface area contributed by atoms with Crippen LogP contribution in [-0.4, -0.2) is 5.78 Å². The van der Waals surface area contributed by atoms with Gasteiger partial charge in [-0.2, -0.15) is 0 Å². The third-order valence-corrected chi connectivity index (χ3v) is 5.65. The third-order valence-electron chi connectivity index (χ3n) is 3.43. The molecule has 0 bridgehead atoms. The lowest BCUT2D eigenvalue weighted by molar-refractivity contribution is 0.101. The van der Waals surface area contributed by atoms with Crippen LogP contribution in [0, 0.1) is 0 Å². The molecule has 0 aliphatic rings. The van der Waals surface area contributed by atoms with Crippen molar-refractivity contribution in [3.63, 3.8) is 0 Å². The number of Topliss-reactive ketones (excluding diaryl/α,β-unsaturated/α-hetero) is 1. The summed E-state index contributed by atoms with van der Waals surface area (Å²) in [6, 6.07) is 28.9. The average Bonchev–Trinajstić information content (AvgIpc) is 2.57. The van der Waals surface area contributed by atoms with Gasteiger partial charge in [-0.25, -0.2) is 0 Å². The average molecular weight is 305 g/mol. The highest BCUT2D eigenvalue weighted by molar-refractivity contribution is 7.97. The maximum absolute atomic E-state index is 11.7. The fourth-order valence-corrected chi connectivity index (χ4v) is 4.50. The normalized spacial score (nSPS) is 10.6. The summed E-state index contributed by atoms with van der Waals surface area (Å²) < 4.78 is 0. The van der Waals surface area contributed by atoms with Gasteiger partial charge in [0.05, 0.1) is 10.9 Å². The van der Waals surface area contributed by atoms with Crippen molar-refractivity contribution in [2.24, 2.45) is 0 Å². The fraction of sp³-hybridized carbons (Fsp3) is 0.0500. The van der Waals surface area contributed by atoms with Gasteiger partial charge in [0, 0.05) is 11.6 Å². The molecule has 2 heteroatoms. The molecule has 108 valence electrons. The molecule has 3 aromatic rings. The van der Waals surface area contributed by atoms with Gasteiger partial charge in [0.2, 0.25) is 0 Å². The number of hydrogen-bond acceptors (Lipinski definition) is 1. The van der Waals surface area contributed by atoms with Crippen LogP contribution in [-0.2, 0) is 10.9 Å². The molecule has 0 aromatic heterocycles. The van der Waals surface area contributed by atoms with Crippen molar-refractivity contribution in [3.8, 4) is 0 Å². The van der Waals surface area contributed by atoms with Crippen LogP contribution in [0.1, 0.15) is 17.3 Å². The first-order valence-corrected chi connectivity index (χ1v) is 8.43. The van der Waals surface area contributed by atoms with Crippen molar-refractivity contribution in [2.45, 2.75) is 21.6 Å². The van der Waals surface area contributed by atoms with Crippen LogP contribution >= 0.6 is 0 Å². The maximum atomic E-state index is 11.7.